The van der Waals surface area contributed by atoms with E-state index < -0.39 is 17.7 Å². The van der Waals surface area contributed by atoms with Crippen molar-refractivity contribution >= 4 is 35.2 Å². The van der Waals surface area contributed by atoms with Gasteiger partial charge >= 0.3 is 11.9 Å². The molecule has 3 rings (SSSR count). The van der Waals surface area contributed by atoms with Crippen LogP contribution in [0.15, 0.2) is 87.7 Å². The highest BCUT2D eigenvalue weighted by Crippen LogP contribution is 2.35. The molecule has 0 saturated heterocycles. The third-order valence-electron chi connectivity index (χ3n) is 4.81. The molecule has 2 N–H and O–H groups in total. The maximum Gasteiger partial charge on any atom is 0.365 e. The molecule has 0 bridgehead atoms. The molecule has 0 fully saturated rings. The first-order valence-electron chi connectivity index (χ1n) is 11.2. The Morgan fingerprint density at radius 3 is 2.22 bits per heavy atom. The summed E-state index contributed by atoms with van der Waals surface area (Å²) in [5.41, 5.74) is 0.722. The summed E-state index contributed by atoms with van der Waals surface area (Å²) in [6.45, 7) is 0.768. The van der Waals surface area contributed by atoms with Crippen LogP contribution >= 0.6 is 11.8 Å². The van der Waals surface area contributed by atoms with Crippen LogP contribution in [0.3, 0.4) is 0 Å². The molecule has 0 aliphatic rings. The molecule has 0 spiro atoms. The standard InChI is InChI=1S/C27H25NO8S/c1-18(28-36-26(32)19-7-3-2-4-8-19)25(31)21-9-5-6-10-23(21)37-24-12-11-20(34-15-13-29)17-22(24)27(33)35-16-14-30/h2-12,17,29-30H,13-16H2,1H3/b28-18+. The van der Waals surface area contributed by atoms with E-state index in [1.54, 1.807) is 66.7 Å². The number of Topliss-reactive ketones (excluding diaryl/α,β-unsaturated/α-hetero) is 1. The Morgan fingerprint density at radius 2 is 1.49 bits per heavy atom. The number of rotatable bonds is 12. The summed E-state index contributed by atoms with van der Waals surface area (Å²) in [5, 5.41) is 21.7. The van der Waals surface area contributed by atoms with Crippen LogP contribution in [0.4, 0.5) is 0 Å². The molecule has 0 unspecified atom stereocenters. The van der Waals surface area contributed by atoms with Crippen molar-refractivity contribution in [2.75, 3.05) is 26.4 Å². The van der Waals surface area contributed by atoms with Crippen LogP contribution in [0.1, 0.15) is 38.0 Å². The first kappa shape index (κ1) is 27.6. The van der Waals surface area contributed by atoms with Crippen molar-refractivity contribution < 1.29 is 38.9 Å². The predicted octanol–water partition coefficient (Wildman–Crippen LogP) is 3.77. The number of nitrogens with zero attached hydrogens (tertiary/aromatic N) is 1. The number of aliphatic hydroxyl groups is 2. The van der Waals surface area contributed by atoms with Gasteiger partial charge in [0, 0.05) is 15.4 Å². The SMILES string of the molecule is C/C(=N\OC(=O)c1ccccc1)C(=O)c1ccccc1Sc1ccc(OCCO)cc1C(=O)OCCO. The fraction of sp³-hybridized carbons (Fsp3) is 0.185. The van der Waals surface area contributed by atoms with Gasteiger partial charge in [0.05, 0.1) is 24.3 Å². The molecule has 0 amide bonds. The average molecular weight is 524 g/mol. The average Bonchev–Trinajstić information content (AvgIpc) is 2.94. The van der Waals surface area contributed by atoms with E-state index in [0.29, 0.717) is 26.7 Å². The maximum absolute atomic E-state index is 13.1. The minimum Gasteiger partial charge on any atom is -0.491 e. The second kappa shape index (κ2) is 13.9. The van der Waals surface area contributed by atoms with E-state index in [1.165, 1.54) is 13.0 Å². The molecule has 10 heteroatoms. The van der Waals surface area contributed by atoms with Gasteiger partial charge in [0.2, 0.25) is 5.78 Å². The monoisotopic (exact) mass is 523 g/mol. The van der Waals surface area contributed by atoms with E-state index in [1.807, 2.05) is 0 Å². The molecule has 0 radical (unpaired) electrons. The van der Waals surface area contributed by atoms with Crippen LogP contribution in [-0.2, 0) is 9.57 Å². The predicted molar refractivity (Wildman–Crippen MR) is 136 cm³/mol. The number of ether oxygens (including phenoxy) is 2. The normalized spacial score (nSPS) is 11.1. The quantitative estimate of drug-likeness (QED) is 0.120. The summed E-state index contributed by atoms with van der Waals surface area (Å²) in [6, 6.07) is 19.7. The third kappa shape index (κ3) is 7.74. The van der Waals surface area contributed by atoms with Gasteiger partial charge in [-0.15, -0.1) is 0 Å². The second-order valence-corrected chi connectivity index (χ2v) is 8.52. The number of benzene rings is 3. The molecule has 0 aromatic heterocycles. The molecule has 9 nitrogen and oxygen atoms in total. The van der Waals surface area contributed by atoms with E-state index in [9.17, 15) is 14.4 Å². The fourth-order valence-corrected chi connectivity index (χ4v) is 4.10. The Balaban J connectivity index is 1.85. The molecule has 3 aromatic carbocycles. The number of aliphatic hydroxyl groups excluding tert-OH is 2. The van der Waals surface area contributed by atoms with E-state index in [4.69, 9.17) is 24.5 Å². The van der Waals surface area contributed by atoms with Crippen LogP contribution in [-0.4, -0.2) is 60.1 Å². The van der Waals surface area contributed by atoms with Crippen molar-refractivity contribution in [2.45, 2.75) is 16.7 Å². The number of esters is 1. The van der Waals surface area contributed by atoms with Crippen molar-refractivity contribution in [3.63, 3.8) is 0 Å². The molecule has 0 heterocycles. The lowest BCUT2D eigenvalue weighted by Crippen LogP contribution is -2.14. The van der Waals surface area contributed by atoms with Crippen LogP contribution < -0.4 is 4.74 Å². The first-order chi connectivity index (χ1) is 17.9. The maximum atomic E-state index is 13.1. The zero-order valence-corrected chi connectivity index (χ0v) is 20.8. The van der Waals surface area contributed by atoms with Crippen LogP contribution in [0.2, 0.25) is 0 Å². The Bertz CT molecular complexity index is 1280. The Kier molecular flexibility index (Phi) is 10.4. The van der Waals surface area contributed by atoms with E-state index in [2.05, 4.69) is 5.16 Å². The van der Waals surface area contributed by atoms with E-state index >= 15 is 0 Å². The molecular weight excluding hydrogens is 498 g/mol. The van der Waals surface area contributed by atoms with Crippen molar-refractivity contribution in [1.82, 2.24) is 0 Å². The lowest BCUT2D eigenvalue weighted by Gasteiger charge is -2.13. The van der Waals surface area contributed by atoms with Crippen LogP contribution in [0.25, 0.3) is 0 Å². The Hall–Kier alpha value is -3.99. The second-order valence-electron chi connectivity index (χ2n) is 7.44. The highest BCUT2D eigenvalue weighted by Gasteiger charge is 2.20. The fourth-order valence-electron chi connectivity index (χ4n) is 3.06. The number of hydrogen-bond donors (Lipinski definition) is 2. The summed E-state index contributed by atoms with van der Waals surface area (Å²) in [7, 11) is 0. The number of carbonyl (C=O) groups is 3. The summed E-state index contributed by atoms with van der Waals surface area (Å²) < 4.78 is 10.5. The summed E-state index contributed by atoms with van der Waals surface area (Å²) >= 11 is 1.15. The molecule has 0 atom stereocenters. The van der Waals surface area contributed by atoms with Crippen molar-refractivity contribution in [3.8, 4) is 5.75 Å². The molecule has 3 aromatic rings. The van der Waals surface area contributed by atoms with Gasteiger partial charge < -0.3 is 24.5 Å². The van der Waals surface area contributed by atoms with Gasteiger partial charge in [0.1, 0.15) is 24.7 Å². The topological polar surface area (TPSA) is 132 Å². The van der Waals surface area contributed by atoms with E-state index in [-0.39, 0.29) is 37.7 Å². The van der Waals surface area contributed by atoms with Gasteiger partial charge in [-0.05, 0) is 49.4 Å². The molecule has 0 saturated carbocycles. The summed E-state index contributed by atoms with van der Waals surface area (Å²) in [4.78, 5) is 43.9. The van der Waals surface area contributed by atoms with Gasteiger partial charge in [-0.3, -0.25) is 4.79 Å². The summed E-state index contributed by atoms with van der Waals surface area (Å²) in [5.74, 6) is -1.48. The number of carbonyl (C=O) groups excluding carboxylic acids is 3. The Morgan fingerprint density at radius 1 is 0.811 bits per heavy atom. The zero-order valence-electron chi connectivity index (χ0n) is 20.0. The smallest absolute Gasteiger partial charge is 0.365 e. The zero-order chi connectivity index (χ0) is 26.6. The van der Waals surface area contributed by atoms with Crippen LogP contribution in [0.5, 0.6) is 5.75 Å². The van der Waals surface area contributed by atoms with Gasteiger partial charge in [-0.25, -0.2) is 9.59 Å². The highest BCUT2D eigenvalue weighted by molar-refractivity contribution is 7.99. The third-order valence-corrected chi connectivity index (χ3v) is 5.96. The summed E-state index contributed by atoms with van der Waals surface area (Å²) in [6.07, 6.45) is 0. The minimum absolute atomic E-state index is 0.0346. The number of ketones is 1. The van der Waals surface area contributed by atoms with Crippen molar-refractivity contribution in [1.29, 1.82) is 0 Å². The first-order valence-corrected chi connectivity index (χ1v) is 12.0. The molecule has 0 aliphatic carbocycles. The Labute approximate surface area is 217 Å². The largest absolute Gasteiger partial charge is 0.491 e. The van der Waals surface area contributed by atoms with Gasteiger partial charge in [0.25, 0.3) is 0 Å². The van der Waals surface area contributed by atoms with E-state index in [0.717, 1.165) is 11.8 Å². The van der Waals surface area contributed by atoms with Crippen LogP contribution in [0, 0.1) is 0 Å². The number of hydrogen-bond acceptors (Lipinski definition) is 10. The molecule has 37 heavy (non-hydrogen) atoms. The lowest BCUT2D eigenvalue weighted by molar-refractivity contribution is 0.0428. The lowest BCUT2D eigenvalue weighted by atomic mass is 10.1. The molecule has 192 valence electrons. The van der Waals surface area contributed by atoms with Gasteiger partial charge in [-0.2, -0.15) is 0 Å². The van der Waals surface area contributed by atoms with Gasteiger partial charge in [0.15, 0.2) is 0 Å². The molecular formula is C27H25NO8S. The van der Waals surface area contributed by atoms with Crippen molar-refractivity contribution in [2.24, 2.45) is 5.16 Å². The van der Waals surface area contributed by atoms with Gasteiger partial charge in [-0.1, -0.05) is 47.2 Å². The minimum atomic E-state index is -0.690. The highest BCUT2D eigenvalue weighted by atomic mass is 32.2. The number of oxime groups is 1. The molecule has 0 aliphatic heterocycles. The van der Waals surface area contributed by atoms with Crippen molar-refractivity contribution in [3.05, 3.63) is 89.5 Å².